The van der Waals surface area contributed by atoms with Crippen molar-refractivity contribution < 1.29 is 9.84 Å². The fourth-order valence-electron chi connectivity index (χ4n) is 6.33. The van der Waals surface area contributed by atoms with Gasteiger partial charge in [-0.1, -0.05) is 12.1 Å². The number of piperidine rings is 1. The molecule has 3 aromatic heterocycles. The molecule has 5 heterocycles. The first-order chi connectivity index (χ1) is 19.3. The maximum atomic E-state index is 10.5. The van der Waals surface area contributed by atoms with Gasteiger partial charge in [0.05, 0.1) is 36.4 Å². The zero-order chi connectivity index (χ0) is 27.4. The molecule has 7 rings (SSSR count). The van der Waals surface area contributed by atoms with E-state index in [-0.39, 0.29) is 0 Å². The molecule has 0 atom stereocenters. The van der Waals surface area contributed by atoms with Crippen LogP contribution < -0.4 is 4.90 Å². The van der Waals surface area contributed by atoms with Crippen molar-refractivity contribution in [1.29, 1.82) is 0 Å². The third-order valence-electron chi connectivity index (χ3n) is 9.04. The van der Waals surface area contributed by atoms with Crippen molar-refractivity contribution >= 4 is 28.0 Å². The van der Waals surface area contributed by atoms with Crippen LogP contribution in [0.15, 0.2) is 24.3 Å². The molecule has 212 valence electrons. The third-order valence-corrected chi connectivity index (χ3v) is 9.04. The molecule has 0 amide bonds. The number of fused-ring (bicyclic) bond motifs is 2. The van der Waals surface area contributed by atoms with Gasteiger partial charge in [-0.2, -0.15) is 9.97 Å². The lowest BCUT2D eigenvalue weighted by Gasteiger charge is -2.37. The summed E-state index contributed by atoms with van der Waals surface area (Å²) in [4.78, 5) is 25.3. The molecule has 3 aliphatic rings. The van der Waals surface area contributed by atoms with Crippen molar-refractivity contribution in [2.75, 3.05) is 44.3 Å². The summed E-state index contributed by atoms with van der Waals surface area (Å²) in [6, 6.07) is 8.30. The summed E-state index contributed by atoms with van der Waals surface area (Å²) in [6.45, 7) is 9.44. The SMILES string of the molecule is Cn1c(CN2CCC(C(C)(C)O)CC2)nc2c(N3CCOCC3)nc(-n3c(CC4CC4)nc4ccccc43)nc21. The molecule has 1 saturated carbocycles. The van der Waals surface area contributed by atoms with Gasteiger partial charge in [0.15, 0.2) is 17.0 Å². The van der Waals surface area contributed by atoms with Crippen molar-refractivity contribution in [2.45, 2.75) is 58.1 Å². The number of likely N-dealkylation sites (tertiary alicyclic amines) is 1. The lowest BCUT2D eigenvalue weighted by molar-refractivity contribution is -0.0139. The lowest BCUT2D eigenvalue weighted by Crippen LogP contribution is -2.41. The first-order valence-corrected chi connectivity index (χ1v) is 14.8. The van der Waals surface area contributed by atoms with E-state index in [1.165, 1.54) is 12.8 Å². The van der Waals surface area contributed by atoms with Crippen molar-refractivity contribution in [3.63, 3.8) is 0 Å². The molecule has 2 aliphatic heterocycles. The molecule has 1 aromatic carbocycles. The van der Waals surface area contributed by atoms with E-state index in [1.807, 2.05) is 19.9 Å². The Kier molecular flexibility index (Phi) is 6.52. The van der Waals surface area contributed by atoms with Gasteiger partial charge in [0.2, 0.25) is 5.95 Å². The number of anilines is 1. The first-order valence-electron chi connectivity index (χ1n) is 14.8. The van der Waals surface area contributed by atoms with Gasteiger partial charge in [-0.05, 0) is 76.6 Å². The maximum absolute atomic E-state index is 10.5. The van der Waals surface area contributed by atoms with E-state index in [0.29, 0.717) is 31.0 Å². The summed E-state index contributed by atoms with van der Waals surface area (Å²) in [7, 11) is 2.07. The van der Waals surface area contributed by atoms with Crippen LogP contribution in [0.2, 0.25) is 0 Å². The van der Waals surface area contributed by atoms with Crippen molar-refractivity contribution in [2.24, 2.45) is 18.9 Å². The number of imidazole rings is 2. The molecule has 40 heavy (non-hydrogen) atoms. The highest BCUT2D eigenvalue weighted by Crippen LogP contribution is 2.35. The smallest absolute Gasteiger partial charge is 0.239 e. The summed E-state index contributed by atoms with van der Waals surface area (Å²) in [5.74, 6) is 4.60. The molecule has 10 nitrogen and oxygen atoms in total. The molecular formula is C30H40N8O2. The van der Waals surface area contributed by atoms with Crippen LogP contribution >= 0.6 is 0 Å². The predicted molar refractivity (Wildman–Crippen MR) is 155 cm³/mol. The number of nitrogens with zero attached hydrogens (tertiary/aromatic N) is 8. The molecule has 1 aliphatic carbocycles. The summed E-state index contributed by atoms with van der Waals surface area (Å²) in [5, 5.41) is 10.5. The Bertz CT molecular complexity index is 1520. The molecule has 0 spiro atoms. The van der Waals surface area contributed by atoms with Crippen molar-refractivity contribution in [3.8, 4) is 5.95 Å². The fourth-order valence-corrected chi connectivity index (χ4v) is 6.33. The lowest BCUT2D eigenvalue weighted by atomic mass is 9.83. The maximum Gasteiger partial charge on any atom is 0.239 e. The zero-order valence-electron chi connectivity index (χ0n) is 23.9. The Morgan fingerprint density at radius 2 is 1.68 bits per heavy atom. The van der Waals surface area contributed by atoms with Crippen LogP contribution in [0.1, 0.15) is 51.2 Å². The van der Waals surface area contributed by atoms with Crippen LogP contribution in [0.4, 0.5) is 5.82 Å². The van der Waals surface area contributed by atoms with Gasteiger partial charge in [0.25, 0.3) is 0 Å². The minimum Gasteiger partial charge on any atom is -0.390 e. The van der Waals surface area contributed by atoms with Gasteiger partial charge < -0.3 is 19.3 Å². The fraction of sp³-hybridized carbons (Fsp3) is 0.600. The van der Waals surface area contributed by atoms with E-state index < -0.39 is 5.60 Å². The quantitative estimate of drug-likeness (QED) is 0.378. The molecule has 1 N–H and O–H groups in total. The molecule has 3 fully saturated rings. The Hall–Kier alpha value is -3.08. The van der Waals surface area contributed by atoms with Crippen LogP contribution in [-0.2, 0) is 24.8 Å². The third kappa shape index (κ3) is 4.86. The largest absolute Gasteiger partial charge is 0.390 e. The number of aliphatic hydroxyl groups is 1. The van der Waals surface area contributed by atoms with Gasteiger partial charge in [0.1, 0.15) is 11.6 Å². The molecule has 4 aromatic rings. The number of hydrogen-bond acceptors (Lipinski definition) is 8. The minimum absolute atomic E-state index is 0.334. The number of para-hydroxylation sites is 2. The van der Waals surface area contributed by atoms with Crippen LogP contribution in [0.3, 0.4) is 0 Å². The van der Waals surface area contributed by atoms with Crippen LogP contribution in [0.5, 0.6) is 0 Å². The number of aromatic nitrogens is 6. The molecule has 10 heteroatoms. The second-order valence-electron chi connectivity index (χ2n) is 12.4. The molecule has 0 unspecified atom stereocenters. The van der Waals surface area contributed by atoms with Gasteiger partial charge >= 0.3 is 0 Å². The summed E-state index contributed by atoms with van der Waals surface area (Å²) in [5.41, 5.74) is 3.10. The number of morpholine rings is 1. The number of hydrogen-bond donors (Lipinski definition) is 1. The van der Waals surface area contributed by atoms with Crippen LogP contribution in [0.25, 0.3) is 28.1 Å². The van der Waals surface area contributed by atoms with E-state index in [9.17, 15) is 5.11 Å². The molecular weight excluding hydrogens is 504 g/mol. The van der Waals surface area contributed by atoms with E-state index in [0.717, 1.165) is 91.7 Å². The number of rotatable bonds is 7. The van der Waals surface area contributed by atoms with E-state index in [4.69, 9.17) is 24.7 Å². The van der Waals surface area contributed by atoms with E-state index in [1.54, 1.807) is 0 Å². The van der Waals surface area contributed by atoms with E-state index in [2.05, 4.69) is 44.2 Å². The Morgan fingerprint density at radius 3 is 2.40 bits per heavy atom. The van der Waals surface area contributed by atoms with Gasteiger partial charge in [-0.15, -0.1) is 0 Å². The normalized spacial score (nSPS) is 19.8. The monoisotopic (exact) mass is 544 g/mol. The average molecular weight is 545 g/mol. The average Bonchev–Trinajstić information content (AvgIpc) is 3.62. The highest BCUT2D eigenvalue weighted by Gasteiger charge is 2.32. The second kappa shape index (κ2) is 10.1. The van der Waals surface area contributed by atoms with E-state index >= 15 is 0 Å². The first kappa shape index (κ1) is 25.9. The van der Waals surface area contributed by atoms with Crippen molar-refractivity contribution in [3.05, 3.63) is 35.9 Å². The van der Waals surface area contributed by atoms with Crippen LogP contribution in [0, 0.1) is 11.8 Å². The summed E-state index contributed by atoms with van der Waals surface area (Å²) in [6.07, 6.45) is 5.46. The Labute approximate surface area is 235 Å². The summed E-state index contributed by atoms with van der Waals surface area (Å²) >= 11 is 0. The van der Waals surface area contributed by atoms with Crippen LogP contribution in [-0.4, -0.2) is 84.1 Å². The van der Waals surface area contributed by atoms with Gasteiger partial charge in [0, 0.05) is 26.6 Å². The van der Waals surface area contributed by atoms with Crippen molar-refractivity contribution in [1.82, 2.24) is 34.0 Å². The molecule has 2 saturated heterocycles. The highest BCUT2D eigenvalue weighted by molar-refractivity contribution is 5.86. The highest BCUT2D eigenvalue weighted by atomic mass is 16.5. The summed E-state index contributed by atoms with van der Waals surface area (Å²) < 4.78 is 9.99. The molecule has 0 radical (unpaired) electrons. The van der Waals surface area contributed by atoms with Gasteiger partial charge in [-0.3, -0.25) is 9.47 Å². The standard InChI is InChI=1S/C30H40N8O2/c1-30(2,39)21-10-12-36(13-11-21)19-25-32-26-27(35(25)3)33-29(34-28(26)37-14-16-40-17-15-37)38-23-7-5-4-6-22(23)31-24(38)18-20-8-9-20/h4-7,20-21,39H,8-19H2,1-3H3. The Morgan fingerprint density at radius 1 is 0.925 bits per heavy atom. The second-order valence-corrected chi connectivity index (χ2v) is 12.4. The van der Waals surface area contributed by atoms with Gasteiger partial charge in [-0.25, -0.2) is 9.97 Å². The molecule has 0 bridgehead atoms. The number of aryl methyl sites for hydroxylation is 1. The zero-order valence-corrected chi connectivity index (χ0v) is 23.9. The topological polar surface area (TPSA) is 97.4 Å². The minimum atomic E-state index is -0.626. The Balaban J connectivity index is 1.30. The number of benzene rings is 1. The number of ether oxygens (including phenoxy) is 1. The predicted octanol–water partition coefficient (Wildman–Crippen LogP) is 3.47.